The van der Waals surface area contributed by atoms with Crippen LogP contribution in [0.2, 0.25) is 0 Å². The highest BCUT2D eigenvalue weighted by molar-refractivity contribution is 7.00. The van der Waals surface area contributed by atoms with Crippen LogP contribution >= 0.6 is 0 Å². The van der Waals surface area contributed by atoms with Gasteiger partial charge in [-0.05, 0) is 122 Å². The van der Waals surface area contributed by atoms with Crippen LogP contribution < -0.4 is 26.2 Å². The molecule has 7 aromatic carbocycles. The van der Waals surface area contributed by atoms with Gasteiger partial charge < -0.3 is 9.80 Å². The lowest BCUT2D eigenvalue weighted by molar-refractivity contribution is 0.590. The third-order valence-electron chi connectivity index (χ3n) is 11.4. The first kappa shape index (κ1) is 34.0. The molecule has 2 aliphatic rings. The summed E-state index contributed by atoms with van der Waals surface area (Å²) >= 11 is 0. The molecule has 0 atom stereocenters. The quantitative estimate of drug-likeness (QED) is 0.169. The summed E-state index contributed by atoms with van der Waals surface area (Å²) in [6, 6.07) is 59.1. The first-order valence-corrected chi connectivity index (χ1v) is 19.3. The first-order valence-electron chi connectivity index (χ1n) is 19.3. The van der Waals surface area contributed by atoms with Gasteiger partial charge in [0.2, 0.25) is 0 Å². The molecule has 0 aromatic heterocycles. The third-order valence-corrected chi connectivity index (χ3v) is 11.4. The van der Waals surface area contributed by atoms with Crippen LogP contribution in [-0.4, -0.2) is 6.71 Å². The van der Waals surface area contributed by atoms with Crippen LogP contribution in [-0.2, 0) is 10.8 Å². The van der Waals surface area contributed by atoms with Crippen molar-refractivity contribution in [2.75, 3.05) is 9.80 Å². The average Bonchev–Trinajstić information content (AvgIpc) is 3.17. The van der Waals surface area contributed by atoms with Gasteiger partial charge in [-0.3, -0.25) is 0 Å². The van der Waals surface area contributed by atoms with Gasteiger partial charge in [-0.25, -0.2) is 0 Å². The fourth-order valence-corrected chi connectivity index (χ4v) is 8.53. The summed E-state index contributed by atoms with van der Waals surface area (Å²) in [5.41, 5.74) is 20.1. The fourth-order valence-electron chi connectivity index (χ4n) is 8.53. The Labute approximate surface area is 321 Å². The van der Waals surface area contributed by atoms with Crippen molar-refractivity contribution in [1.82, 2.24) is 0 Å². The Morgan fingerprint density at radius 1 is 0.389 bits per heavy atom. The van der Waals surface area contributed by atoms with Crippen LogP contribution in [0.3, 0.4) is 0 Å². The van der Waals surface area contributed by atoms with Crippen LogP contribution in [0.25, 0.3) is 22.3 Å². The molecule has 54 heavy (non-hydrogen) atoms. The zero-order valence-electron chi connectivity index (χ0n) is 32.5. The molecule has 2 aliphatic heterocycles. The second kappa shape index (κ2) is 12.7. The molecule has 2 nitrogen and oxygen atoms in total. The molecule has 0 fully saturated rings. The van der Waals surface area contributed by atoms with E-state index in [1.165, 1.54) is 89.5 Å². The van der Waals surface area contributed by atoms with E-state index >= 15 is 0 Å². The van der Waals surface area contributed by atoms with Crippen LogP contribution in [0.4, 0.5) is 34.1 Å². The van der Waals surface area contributed by atoms with E-state index in [2.05, 4.69) is 216 Å². The van der Waals surface area contributed by atoms with Crippen molar-refractivity contribution >= 4 is 57.2 Å². The van der Waals surface area contributed by atoms with Gasteiger partial charge in [0.1, 0.15) is 0 Å². The summed E-state index contributed by atoms with van der Waals surface area (Å²) < 4.78 is 0. The van der Waals surface area contributed by atoms with Crippen LogP contribution in [0.1, 0.15) is 58.2 Å². The van der Waals surface area contributed by atoms with Crippen molar-refractivity contribution in [3.05, 3.63) is 174 Å². The van der Waals surface area contributed by atoms with Crippen molar-refractivity contribution in [2.24, 2.45) is 0 Å². The predicted octanol–water partition coefficient (Wildman–Crippen LogP) is 12.0. The molecule has 0 bridgehead atoms. The van der Waals surface area contributed by atoms with Gasteiger partial charge in [-0.15, -0.1) is 0 Å². The third kappa shape index (κ3) is 5.74. The molecule has 0 spiro atoms. The molecule has 0 aliphatic carbocycles. The lowest BCUT2D eigenvalue weighted by Gasteiger charge is -2.45. The summed E-state index contributed by atoms with van der Waals surface area (Å²) in [5.74, 6) is 0. The molecule has 0 saturated carbocycles. The molecule has 0 N–H and O–H groups in total. The maximum absolute atomic E-state index is 2.55. The fraction of sp³-hybridized carbons (Fsp3) is 0.176. The number of aryl methyl sites for hydroxylation is 1. The lowest BCUT2D eigenvalue weighted by Crippen LogP contribution is -2.61. The highest BCUT2D eigenvalue weighted by Crippen LogP contribution is 2.46. The Morgan fingerprint density at radius 3 is 1.22 bits per heavy atom. The van der Waals surface area contributed by atoms with E-state index in [0.29, 0.717) is 0 Å². The number of fused-ring (bicyclic) bond motifs is 4. The largest absolute Gasteiger partial charge is 0.311 e. The SMILES string of the molecule is Cc1cc2c3c(c1)N(c1cccc(C(C)(C)C)c1)c1cc(-c4ccccc4)ccc1B3c1ccc(-c3ccccc3)cc1N2c1cccc(C(C)(C)C)c1. The standard InChI is InChI=1S/C51H47BN2/c1-34-28-47-49-48(29-34)54(42-23-15-21-40(33-42)51(5,6)7)46-31-38(36-18-12-9-13-19-36)25-27-44(46)52(49)43-26-24-37(35-16-10-8-11-17-35)30-45(43)53(47)41-22-14-20-39(32-41)50(2,3)4/h8-33H,1-7H3. The Balaban J connectivity index is 1.36. The lowest BCUT2D eigenvalue weighted by atomic mass is 9.33. The molecular formula is C51H47BN2. The Hall–Kier alpha value is -5.80. The Bertz CT molecular complexity index is 2370. The molecule has 2 heterocycles. The average molecular weight is 699 g/mol. The molecule has 0 amide bonds. The van der Waals surface area contributed by atoms with Crippen molar-refractivity contribution < 1.29 is 0 Å². The van der Waals surface area contributed by atoms with Crippen molar-refractivity contribution in [1.29, 1.82) is 0 Å². The number of rotatable bonds is 4. The number of hydrogen-bond donors (Lipinski definition) is 0. The van der Waals surface area contributed by atoms with Crippen LogP contribution in [0, 0.1) is 6.92 Å². The summed E-state index contributed by atoms with van der Waals surface area (Å²) in [4.78, 5) is 5.10. The van der Waals surface area contributed by atoms with Gasteiger partial charge in [-0.1, -0.05) is 151 Å². The maximum atomic E-state index is 2.55. The zero-order chi connectivity index (χ0) is 37.4. The van der Waals surface area contributed by atoms with Gasteiger partial charge in [0.25, 0.3) is 6.71 Å². The molecule has 7 aromatic rings. The minimum Gasteiger partial charge on any atom is -0.311 e. The zero-order valence-corrected chi connectivity index (χ0v) is 32.5. The van der Waals surface area contributed by atoms with Gasteiger partial charge in [-0.2, -0.15) is 0 Å². The summed E-state index contributed by atoms with van der Waals surface area (Å²) in [5, 5.41) is 0. The predicted molar refractivity (Wildman–Crippen MR) is 233 cm³/mol. The van der Waals surface area contributed by atoms with E-state index in [1.807, 2.05) is 0 Å². The molecule has 264 valence electrons. The summed E-state index contributed by atoms with van der Waals surface area (Å²) in [7, 11) is 0. The van der Waals surface area contributed by atoms with E-state index in [-0.39, 0.29) is 17.5 Å². The minimum absolute atomic E-state index is 0.0132. The van der Waals surface area contributed by atoms with Gasteiger partial charge in [0.15, 0.2) is 0 Å². The second-order valence-electron chi connectivity index (χ2n) is 17.2. The van der Waals surface area contributed by atoms with Crippen molar-refractivity contribution in [3.8, 4) is 22.3 Å². The highest BCUT2D eigenvalue weighted by Gasteiger charge is 2.43. The Morgan fingerprint density at radius 2 is 0.815 bits per heavy atom. The van der Waals surface area contributed by atoms with Gasteiger partial charge in [0, 0.05) is 34.1 Å². The normalized spacial score (nSPS) is 13.4. The minimum atomic E-state index is 0.0132. The second-order valence-corrected chi connectivity index (χ2v) is 17.2. The number of hydrogen-bond acceptors (Lipinski definition) is 2. The van der Waals surface area contributed by atoms with Gasteiger partial charge >= 0.3 is 0 Å². The monoisotopic (exact) mass is 698 g/mol. The summed E-state index contributed by atoms with van der Waals surface area (Å²) in [6.07, 6.45) is 0. The maximum Gasteiger partial charge on any atom is 0.252 e. The Kier molecular flexibility index (Phi) is 7.97. The highest BCUT2D eigenvalue weighted by atomic mass is 15.2. The number of nitrogens with zero attached hydrogens (tertiary/aromatic N) is 2. The number of benzene rings is 7. The van der Waals surface area contributed by atoms with Crippen LogP contribution in [0.15, 0.2) is 158 Å². The van der Waals surface area contributed by atoms with Crippen LogP contribution in [0.5, 0.6) is 0 Å². The summed E-state index contributed by atoms with van der Waals surface area (Å²) in [6.45, 7) is 16.1. The molecule has 0 radical (unpaired) electrons. The molecule has 0 saturated heterocycles. The topological polar surface area (TPSA) is 6.48 Å². The van der Waals surface area contributed by atoms with E-state index in [1.54, 1.807) is 0 Å². The van der Waals surface area contributed by atoms with E-state index in [9.17, 15) is 0 Å². The first-order chi connectivity index (χ1) is 26.0. The molecular weight excluding hydrogens is 651 g/mol. The molecule has 3 heteroatoms. The van der Waals surface area contributed by atoms with E-state index < -0.39 is 0 Å². The van der Waals surface area contributed by atoms with Crippen molar-refractivity contribution in [2.45, 2.75) is 59.3 Å². The smallest absolute Gasteiger partial charge is 0.252 e. The number of anilines is 6. The van der Waals surface area contributed by atoms with E-state index in [4.69, 9.17) is 0 Å². The molecule has 0 unspecified atom stereocenters. The van der Waals surface area contributed by atoms with Gasteiger partial charge in [0.05, 0.1) is 0 Å². The van der Waals surface area contributed by atoms with E-state index in [0.717, 1.165) is 0 Å². The van der Waals surface area contributed by atoms with Crippen molar-refractivity contribution in [3.63, 3.8) is 0 Å². The molecule has 9 rings (SSSR count).